The zero-order valence-electron chi connectivity index (χ0n) is 14.4. The highest BCUT2D eigenvalue weighted by Crippen LogP contribution is 2.34. The van der Waals surface area contributed by atoms with Crippen LogP contribution in [0, 0.1) is 0 Å². The fourth-order valence-electron chi connectivity index (χ4n) is 2.44. The van der Waals surface area contributed by atoms with E-state index in [0.717, 1.165) is 17.0 Å². The summed E-state index contributed by atoms with van der Waals surface area (Å²) in [5.74, 6) is 1.38. The van der Waals surface area contributed by atoms with Gasteiger partial charge in [0, 0.05) is 11.3 Å². The van der Waals surface area contributed by atoms with Gasteiger partial charge < -0.3 is 14.8 Å². The average molecular weight is 386 g/mol. The second-order valence-corrected chi connectivity index (χ2v) is 7.09. The van der Waals surface area contributed by atoms with Crippen molar-refractivity contribution in [2.75, 3.05) is 26.2 Å². The van der Waals surface area contributed by atoms with Crippen molar-refractivity contribution in [3.63, 3.8) is 0 Å². The van der Waals surface area contributed by atoms with Crippen molar-refractivity contribution < 1.29 is 14.3 Å². The molecule has 3 rings (SSSR count). The van der Waals surface area contributed by atoms with Gasteiger partial charge in [0.15, 0.2) is 0 Å². The predicted octanol–water partition coefficient (Wildman–Crippen LogP) is 3.97. The number of benzene rings is 2. The highest BCUT2D eigenvalue weighted by molar-refractivity contribution is 8.26. The molecule has 2 aromatic carbocycles. The summed E-state index contributed by atoms with van der Waals surface area (Å²) in [6.45, 7) is 0.306. The Hall–Kier alpha value is -2.51. The topological polar surface area (TPSA) is 50.8 Å². The summed E-state index contributed by atoms with van der Waals surface area (Å²) >= 11 is 6.65. The Balaban J connectivity index is 1.71. The lowest BCUT2D eigenvalue weighted by Gasteiger charge is -2.16. The Kier molecular flexibility index (Phi) is 5.80. The summed E-state index contributed by atoms with van der Waals surface area (Å²) in [6.07, 6.45) is 1.81. The number of carbonyl (C=O) groups excluding carboxylic acids is 1. The van der Waals surface area contributed by atoms with Gasteiger partial charge in [-0.1, -0.05) is 42.2 Å². The van der Waals surface area contributed by atoms with Crippen LogP contribution in [0.15, 0.2) is 53.4 Å². The zero-order valence-corrected chi connectivity index (χ0v) is 16.0. The van der Waals surface area contributed by atoms with Crippen LogP contribution < -0.4 is 14.8 Å². The van der Waals surface area contributed by atoms with E-state index in [-0.39, 0.29) is 5.91 Å². The Morgan fingerprint density at radius 1 is 1.12 bits per heavy atom. The number of amides is 1. The van der Waals surface area contributed by atoms with Crippen LogP contribution in [0.2, 0.25) is 0 Å². The molecule has 1 amide bonds. The Morgan fingerprint density at radius 2 is 1.85 bits per heavy atom. The lowest BCUT2D eigenvalue weighted by molar-refractivity contribution is -0.121. The number of methoxy groups -OCH3 is 2. The normalized spacial score (nSPS) is 15.5. The number of hydrogen-bond donors (Lipinski definition) is 1. The minimum Gasteiger partial charge on any atom is -0.497 e. The molecule has 1 heterocycles. The van der Waals surface area contributed by atoms with Gasteiger partial charge in [-0.05, 0) is 36.4 Å². The van der Waals surface area contributed by atoms with E-state index in [1.54, 1.807) is 19.1 Å². The van der Waals surface area contributed by atoms with Crippen LogP contribution in [0.4, 0.5) is 5.69 Å². The fraction of sp³-hybridized carbons (Fsp3) is 0.158. The summed E-state index contributed by atoms with van der Waals surface area (Å²) < 4.78 is 11.0. The quantitative estimate of drug-likeness (QED) is 0.599. The van der Waals surface area contributed by atoms with E-state index >= 15 is 0 Å². The third kappa shape index (κ3) is 4.00. The van der Waals surface area contributed by atoms with E-state index in [0.29, 0.717) is 21.6 Å². The number of ether oxygens (including phenoxy) is 2. The molecule has 0 aliphatic carbocycles. The first-order chi connectivity index (χ1) is 12.6. The molecule has 0 aromatic heterocycles. The van der Waals surface area contributed by atoms with Crippen molar-refractivity contribution in [3.05, 3.63) is 59.0 Å². The molecule has 1 N–H and O–H groups in total. The summed E-state index contributed by atoms with van der Waals surface area (Å²) in [7, 11) is 3.23. The van der Waals surface area contributed by atoms with Crippen molar-refractivity contribution in [3.8, 4) is 11.5 Å². The summed E-state index contributed by atoms with van der Waals surface area (Å²) in [4.78, 5) is 14.8. The maximum Gasteiger partial charge on any atom is 0.267 e. The molecule has 0 saturated carbocycles. The van der Waals surface area contributed by atoms with Crippen molar-refractivity contribution in [2.45, 2.75) is 0 Å². The van der Waals surface area contributed by atoms with Crippen LogP contribution in [0.1, 0.15) is 5.56 Å². The van der Waals surface area contributed by atoms with Gasteiger partial charge in [0.25, 0.3) is 5.91 Å². The molecule has 0 bridgehead atoms. The van der Waals surface area contributed by atoms with E-state index < -0.39 is 0 Å². The van der Waals surface area contributed by atoms with E-state index in [2.05, 4.69) is 5.32 Å². The first-order valence-electron chi connectivity index (χ1n) is 7.88. The summed E-state index contributed by atoms with van der Waals surface area (Å²) in [6, 6.07) is 15.0. The average Bonchev–Trinajstić information content (AvgIpc) is 2.94. The third-order valence-electron chi connectivity index (χ3n) is 3.83. The predicted molar refractivity (Wildman–Crippen MR) is 109 cm³/mol. The Bertz CT molecular complexity index is 850. The van der Waals surface area contributed by atoms with E-state index in [4.69, 9.17) is 21.7 Å². The largest absolute Gasteiger partial charge is 0.497 e. The van der Waals surface area contributed by atoms with Gasteiger partial charge in [-0.2, -0.15) is 0 Å². The number of thiocarbonyl (C=S) groups is 1. The highest BCUT2D eigenvalue weighted by atomic mass is 32.2. The van der Waals surface area contributed by atoms with Gasteiger partial charge in [-0.15, -0.1) is 0 Å². The van der Waals surface area contributed by atoms with Gasteiger partial charge >= 0.3 is 0 Å². The van der Waals surface area contributed by atoms with Crippen LogP contribution in [-0.2, 0) is 4.79 Å². The van der Waals surface area contributed by atoms with Crippen LogP contribution in [-0.4, -0.2) is 36.0 Å². The molecule has 2 aromatic rings. The van der Waals surface area contributed by atoms with Gasteiger partial charge in [-0.3, -0.25) is 9.69 Å². The molecule has 0 radical (unpaired) electrons. The van der Waals surface area contributed by atoms with Crippen molar-refractivity contribution in [1.82, 2.24) is 4.90 Å². The molecule has 0 atom stereocenters. The number of rotatable bonds is 6. The molecule has 7 heteroatoms. The lowest BCUT2D eigenvalue weighted by atomic mass is 10.2. The second kappa shape index (κ2) is 8.25. The van der Waals surface area contributed by atoms with Gasteiger partial charge in [0.1, 0.15) is 15.8 Å². The number of hydrogen-bond acceptors (Lipinski definition) is 6. The molecule has 1 fully saturated rings. The monoisotopic (exact) mass is 386 g/mol. The first kappa shape index (κ1) is 18.3. The number of nitrogens with zero attached hydrogens (tertiary/aromatic N) is 1. The maximum absolute atomic E-state index is 12.7. The summed E-state index contributed by atoms with van der Waals surface area (Å²) in [5, 5.41) is 3.20. The van der Waals surface area contributed by atoms with Crippen LogP contribution in [0.3, 0.4) is 0 Å². The minimum absolute atomic E-state index is 0.119. The molecular weight excluding hydrogens is 368 g/mol. The molecule has 0 unspecified atom stereocenters. The number of carbonyl (C=O) groups is 1. The van der Waals surface area contributed by atoms with Crippen LogP contribution in [0.25, 0.3) is 6.08 Å². The molecule has 1 aliphatic heterocycles. The Morgan fingerprint density at radius 3 is 2.54 bits per heavy atom. The van der Waals surface area contributed by atoms with Gasteiger partial charge in [0.05, 0.1) is 25.8 Å². The maximum atomic E-state index is 12.7. The number of nitrogens with one attached hydrogen (secondary N) is 1. The number of thioether (sulfide) groups is 1. The van der Waals surface area contributed by atoms with Gasteiger partial charge in [-0.25, -0.2) is 0 Å². The first-order valence-corrected chi connectivity index (χ1v) is 9.11. The van der Waals surface area contributed by atoms with Crippen molar-refractivity contribution >= 4 is 46.0 Å². The molecule has 134 valence electrons. The molecule has 26 heavy (non-hydrogen) atoms. The lowest BCUT2D eigenvalue weighted by Crippen LogP contribution is -2.33. The number of anilines is 1. The van der Waals surface area contributed by atoms with E-state index in [1.807, 2.05) is 54.6 Å². The van der Waals surface area contributed by atoms with Gasteiger partial charge in [0.2, 0.25) is 0 Å². The molecule has 1 aliphatic rings. The van der Waals surface area contributed by atoms with E-state index in [1.165, 1.54) is 11.8 Å². The van der Waals surface area contributed by atoms with E-state index in [9.17, 15) is 4.79 Å². The SMILES string of the molecule is COc1ccc(NCN2C(=O)/C(=C\c3ccccc3OC)SC2=S)cc1. The fourth-order valence-corrected chi connectivity index (χ4v) is 3.69. The molecule has 1 saturated heterocycles. The molecular formula is C19H18N2O3S2. The smallest absolute Gasteiger partial charge is 0.267 e. The van der Waals surface area contributed by atoms with Crippen molar-refractivity contribution in [1.29, 1.82) is 0 Å². The number of para-hydroxylation sites is 1. The molecule has 0 spiro atoms. The Labute approximate surface area is 162 Å². The standard InChI is InChI=1S/C19H18N2O3S2/c1-23-15-9-7-14(8-10-15)20-12-21-18(22)17(26-19(21)25)11-13-5-3-4-6-16(13)24-2/h3-11,20H,12H2,1-2H3/b17-11+. The third-order valence-corrected chi connectivity index (χ3v) is 5.21. The minimum atomic E-state index is -0.119. The van der Waals surface area contributed by atoms with Crippen LogP contribution in [0.5, 0.6) is 11.5 Å². The van der Waals surface area contributed by atoms with Crippen molar-refractivity contribution in [2.24, 2.45) is 0 Å². The summed E-state index contributed by atoms with van der Waals surface area (Å²) in [5.41, 5.74) is 1.73. The molecule has 5 nitrogen and oxygen atoms in total. The second-order valence-electron chi connectivity index (χ2n) is 5.42. The highest BCUT2D eigenvalue weighted by Gasteiger charge is 2.31. The van der Waals surface area contributed by atoms with Crippen LogP contribution >= 0.6 is 24.0 Å². The zero-order chi connectivity index (χ0) is 18.5.